The van der Waals surface area contributed by atoms with Gasteiger partial charge in [-0.3, -0.25) is 30.6 Å². The van der Waals surface area contributed by atoms with Crippen LogP contribution in [0.15, 0.2) is 42.5 Å². The molecule has 2 aromatic carbocycles. The van der Waals surface area contributed by atoms with Gasteiger partial charge in [0, 0.05) is 28.4 Å². The predicted octanol–water partition coefficient (Wildman–Crippen LogP) is 2.43. The molecular formula is C16H15ClN4O4. The Hall–Kier alpha value is -3.13. The van der Waals surface area contributed by atoms with Gasteiger partial charge in [-0.15, -0.1) is 0 Å². The zero-order valence-corrected chi connectivity index (χ0v) is 14.0. The van der Waals surface area contributed by atoms with Crippen LogP contribution in [0.4, 0.5) is 11.4 Å². The highest BCUT2D eigenvalue weighted by Crippen LogP contribution is 2.19. The topological polar surface area (TPSA) is 113 Å². The summed E-state index contributed by atoms with van der Waals surface area (Å²) in [6.45, 7) is 1.77. The van der Waals surface area contributed by atoms with Gasteiger partial charge in [0.2, 0.25) is 0 Å². The number of anilines is 1. The summed E-state index contributed by atoms with van der Waals surface area (Å²) in [7, 11) is 0. The lowest BCUT2D eigenvalue weighted by molar-refractivity contribution is -0.384. The molecule has 2 amide bonds. The molecule has 3 N–H and O–H groups in total. The minimum atomic E-state index is -0.656. The van der Waals surface area contributed by atoms with E-state index in [1.807, 2.05) is 13.0 Å². The van der Waals surface area contributed by atoms with Crippen LogP contribution in [0, 0.1) is 17.0 Å². The molecule has 2 rings (SSSR count). The number of nitro groups is 1. The Labute approximate surface area is 148 Å². The quantitative estimate of drug-likeness (QED) is 0.558. The Bertz CT molecular complexity index is 826. The van der Waals surface area contributed by atoms with Gasteiger partial charge in [0.15, 0.2) is 0 Å². The first-order valence-electron chi connectivity index (χ1n) is 7.20. The van der Waals surface area contributed by atoms with Gasteiger partial charge in [-0.25, -0.2) is 0 Å². The molecule has 0 saturated heterocycles. The summed E-state index contributed by atoms with van der Waals surface area (Å²) < 4.78 is 0. The number of carbonyl (C=O) groups excluding carboxylic acids is 2. The number of nitrogens with one attached hydrogen (secondary N) is 3. The van der Waals surface area contributed by atoms with Gasteiger partial charge in [0.25, 0.3) is 17.5 Å². The van der Waals surface area contributed by atoms with Gasteiger partial charge in [0.05, 0.1) is 11.5 Å². The highest BCUT2D eigenvalue weighted by atomic mass is 35.5. The number of aryl methyl sites for hydroxylation is 1. The minimum Gasteiger partial charge on any atom is -0.376 e. The van der Waals surface area contributed by atoms with Gasteiger partial charge >= 0.3 is 0 Å². The van der Waals surface area contributed by atoms with Crippen LogP contribution in [0.25, 0.3) is 0 Å². The number of rotatable bonds is 5. The van der Waals surface area contributed by atoms with E-state index in [0.717, 1.165) is 11.6 Å². The van der Waals surface area contributed by atoms with E-state index < -0.39 is 16.7 Å². The van der Waals surface area contributed by atoms with Gasteiger partial charge in [-0.05, 0) is 30.7 Å². The number of non-ortho nitro benzene ring substituents is 1. The number of benzene rings is 2. The molecule has 8 nitrogen and oxygen atoms in total. The lowest BCUT2D eigenvalue weighted by atomic mass is 10.2. The second-order valence-electron chi connectivity index (χ2n) is 5.12. The molecule has 0 bridgehead atoms. The van der Waals surface area contributed by atoms with Gasteiger partial charge in [-0.2, -0.15) is 0 Å². The van der Waals surface area contributed by atoms with E-state index in [9.17, 15) is 19.7 Å². The van der Waals surface area contributed by atoms with Crippen molar-refractivity contribution in [1.29, 1.82) is 0 Å². The third-order valence-corrected chi connectivity index (χ3v) is 3.51. The standard InChI is InChI=1S/C16H15ClN4O4/c1-10-5-6-12(17)8-14(10)18-9-15(22)19-20-16(23)11-3-2-4-13(7-11)21(24)25/h2-8,18H,9H2,1H3,(H,19,22)(H,20,23). The number of halogens is 1. The normalized spacial score (nSPS) is 10.0. The van der Waals surface area contributed by atoms with Crippen molar-refractivity contribution in [2.45, 2.75) is 6.92 Å². The molecule has 0 aliphatic carbocycles. The predicted molar refractivity (Wildman–Crippen MR) is 93.4 cm³/mol. The fraction of sp³-hybridized carbons (Fsp3) is 0.125. The molecule has 0 radical (unpaired) electrons. The van der Waals surface area contributed by atoms with Crippen LogP contribution in [-0.4, -0.2) is 23.3 Å². The van der Waals surface area contributed by atoms with Crippen molar-refractivity contribution >= 4 is 34.8 Å². The van der Waals surface area contributed by atoms with Crippen molar-refractivity contribution in [3.05, 3.63) is 68.7 Å². The Kier molecular flexibility index (Phi) is 5.91. The Morgan fingerprint density at radius 1 is 1.16 bits per heavy atom. The van der Waals surface area contributed by atoms with Crippen molar-refractivity contribution in [2.75, 3.05) is 11.9 Å². The van der Waals surface area contributed by atoms with Crippen LogP contribution in [0.1, 0.15) is 15.9 Å². The SMILES string of the molecule is Cc1ccc(Cl)cc1NCC(=O)NNC(=O)c1cccc([N+](=O)[O-])c1. The molecule has 130 valence electrons. The van der Waals surface area contributed by atoms with E-state index >= 15 is 0 Å². The second kappa shape index (κ2) is 8.11. The zero-order chi connectivity index (χ0) is 18.4. The molecule has 0 aliphatic rings. The molecule has 0 heterocycles. The van der Waals surface area contributed by atoms with Crippen LogP contribution >= 0.6 is 11.6 Å². The van der Waals surface area contributed by atoms with E-state index in [1.165, 1.54) is 18.2 Å². The highest BCUT2D eigenvalue weighted by molar-refractivity contribution is 6.30. The highest BCUT2D eigenvalue weighted by Gasteiger charge is 2.12. The van der Waals surface area contributed by atoms with Crippen molar-refractivity contribution in [3.8, 4) is 0 Å². The Morgan fingerprint density at radius 2 is 1.92 bits per heavy atom. The van der Waals surface area contributed by atoms with Crippen LogP contribution in [0.2, 0.25) is 5.02 Å². The maximum absolute atomic E-state index is 11.9. The van der Waals surface area contributed by atoms with E-state index in [-0.39, 0.29) is 17.8 Å². The average Bonchev–Trinajstić information content (AvgIpc) is 2.60. The number of amides is 2. The largest absolute Gasteiger partial charge is 0.376 e. The maximum atomic E-state index is 11.9. The molecule has 0 aromatic heterocycles. The lowest BCUT2D eigenvalue weighted by Crippen LogP contribution is -2.44. The first-order valence-corrected chi connectivity index (χ1v) is 7.58. The Morgan fingerprint density at radius 3 is 2.64 bits per heavy atom. The van der Waals surface area contributed by atoms with E-state index in [0.29, 0.717) is 10.7 Å². The number of nitrogens with zero attached hydrogens (tertiary/aromatic N) is 1. The van der Waals surface area contributed by atoms with Crippen molar-refractivity contribution in [1.82, 2.24) is 10.9 Å². The first-order chi connectivity index (χ1) is 11.9. The van der Waals surface area contributed by atoms with E-state index in [1.54, 1.807) is 12.1 Å². The molecule has 0 aliphatic heterocycles. The van der Waals surface area contributed by atoms with Gasteiger partial charge in [-0.1, -0.05) is 23.7 Å². The van der Waals surface area contributed by atoms with E-state index in [2.05, 4.69) is 16.2 Å². The molecule has 0 saturated carbocycles. The minimum absolute atomic E-state index is 0.0631. The fourth-order valence-electron chi connectivity index (χ4n) is 1.96. The van der Waals surface area contributed by atoms with Crippen LogP contribution in [0.5, 0.6) is 0 Å². The lowest BCUT2D eigenvalue weighted by Gasteiger charge is -2.11. The number of nitro benzene ring substituents is 1. The van der Waals surface area contributed by atoms with Crippen LogP contribution in [-0.2, 0) is 4.79 Å². The molecule has 0 fully saturated rings. The summed E-state index contributed by atoms with van der Waals surface area (Å²) in [6, 6.07) is 10.4. The molecule has 2 aromatic rings. The van der Waals surface area contributed by atoms with Crippen LogP contribution in [0.3, 0.4) is 0 Å². The average molecular weight is 363 g/mol. The maximum Gasteiger partial charge on any atom is 0.270 e. The molecule has 25 heavy (non-hydrogen) atoms. The fourth-order valence-corrected chi connectivity index (χ4v) is 2.14. The summed E-state index contributed by atoms with van der Waals surface area (Å²) >= 11 is 5.89. The number of carbonyl (C=O) groups is 2. The summed E-state index contributed by atoms with van der Waals surface area (Å²) in [4.78, 5) is 33.8. The third kappa shape index (κ3) is 5.18. The number of hydrogen-bond acceptors (Lipinski definition) is 5. The molecule has 0 spiro atoms. The Balaban J connectivity index is 1.87. The monoisotopic (exact) mass is 362 g/mol. The van der Waals surface area contributed by atoms with Crippen molar-refractivity contribution in [2.24, 2.45) is 0 Å². The number of hydrazine groups is 1. The molecular weight excluding hydrogens is 348 g/mol. The van der Waals surface area contributed by atoms with Crippen LogP contribution < -0.4 is 16.2 Å². The molecule has 0 atom stereocenters. The summed E-state index contributed by atoms with van der Waals surface area (Å²) in [6.07, 6.45) is 0. The molecule has 0 unspecified atom stereocenters. The van der Waals surface area contributed by atoms with Gasteiger partial charge < -0.3 is 5.32 Å². The zero-order valence-electron chi connectivity index (χ0n) is 13.2. The second-order valence-corrected chi connectivity index (χ2v) is 5.56. The summed E-state index contributed by atoms with van der Waals surface area (Å²) in [5.74, 6) is -1.14. The van der Waals surface area contributed by atoms with Crippen molar-refractivity contribution < 1.29 is 14.5 Å². The smallest absolute Gasteiger partial charge is 0.270 e. The van der Waals surface area contributed by atoms with Gasteiger partial charge in [0.1, 0.15) is 0 Å². The number of hydrogen-bond donors (Lipinski definition) is 3. The third-order valence-electron chi connectivity index (χ3n) is 3.27. The summed E-state index contributed by atoms with van der Waals surface area (Å²) in [5, 5.41) is 14.1. The molecule has 9 heteroatoms. The van der Waals surface area contributed by atoms with E-state index in [4.69, 9.17) is 11.6 Å². The van der Waals surface area contributed by atoms with Crippen molar-refractivity contribution in [3.63, 3.8) is 0 Å². The first kappa shape index (κ1) is 18.2. The summed E-state index contributed by atoms with van der Waals surface area (Å²) in [5.41, 5.74) is 5.90.